The van der Waals surface area contributed by atoms with Crippen LogP contribution in [0.1, 0.15) is 65.7 Å². The molecule has 7 nitrogen and oxygen atoms in total. The van der Waals surface area contributed by atoms with Gasteiger partial charge in [0.15, 0.2) is 16.6 Å². The molecule has 4 aromatic rings. The molecule has 1 atom stereocenters. The number of benzene rings is 1. The lowest BCUT2D eigenvalue weighted by atomic mass is 9.89. The molecule has 3 heterocycles. The normalized spacial score (nSPS) is 17.8. The largest absolute Gasteiger partial charge is 0.326 e. The van der Waals surface area contributed by atoms with Gasteiger partial charge in [-0.05, 0) is 67.9 Å². The fourth-order valence-corrected chi connectivity index (χ4v) is 6.92. The first-order valence-electron chi connectivity index (χ1n) is 11.7. The van der Waals surface area contributed by atoms with Crippen LogP contribution >= 0.6 is 23.1 Å². The summed E-state index contributed by atoms with van der Waals surface area (Å²) in [4.78, 5) is 31.7. The highest BCUT2D eigenvalue weighted by Gasteiger charge is 2.32. The minimum Gasteiger partial charge on any atom is -0.326 e. The molecule has 1 fully saturated rings. The summed E-state index contributed by atoms with van der Waals surface area (Å²) in [5.41, 5.74) is 3.59. The number of hydrogen-bond donors (Lipinski definition) is 1. The van der Waals surface area contributed by atoms with Crippen molar-refractivity contribution in [3.8, 4) is 0 Å². The summed E-state index contributed by atoms with van der Waals surface area (Å²) >= 11 is 3.24. The Labute approximate surface area is 205 Å². The van der Waals surface area contributed by atoms with Gasteiger partial charge in [-0.15, -0.1) is 21.5 Å². The smallest absolute Gasteiger partial charge is 0.221 e. The van der Waals surface area contributed by atoms with Gasteiger partial charge in [0.05, 0.1) is 11.1 Å². The number of ketones is 1. The summed E-state index contributed by atoms with van der Waals surface area (Å²) in [6.45, 7) is 3.78. The maximum Gasteiger partial charge on any atom is 0.221 e. The first-order valence-corrected chi connectivity index (χ1v) is 13.5. The lowest BCUT2D eigenvalue weighted by Gasteiger charge is -2.17. The molecule has 0 radical (unpaired) electrons. The minimum absolute atomic E-state index is 0.0139. The average Bonchev–Trinajstić information content (AvgIpc) is 3.47. The number of carbonyl (C=O) groups is 2. The topological polar surface area (TPSA) is 89.2 Å². The maximum absolute atomic E-state index is 12.9. The summed E-state index contributed by atoms with van der Waals surface area (Å²) in [7, 11) is 0. The molecule has 0 bridgehead atoms. The second-order valence-corrected chi connectivity index (χ2v) is 11.4. The maximum atomic E-state index is 12.9. The van der Waals surface area contributed by atoms with Crippen LogP contribution in [-0.4, -0.2) is 37.0 Å². The Morgan fingerprint density at radius 2 is 1.97 bits per heavy atom. The number of Topliss-reactive ketones (excluding diaryl/α,β-unsaturated/α-hetero) is 1. The van der Waals surface area contributed by atoms with Crippen LogP contribution in [0.2, 0.25) is 0 Å². The average molecular weight is 492 g/mol. The zero-order valence-corrected chi connectivity index (χ0v) is 20.8. The van der Waals surface area contributed by atoms with Crippen molar-refractivity contribution in [3.63, 3.8) is 0 Å². The van der Waals surface area contributed by atoms with Crippen molar-refractivity contribution in [1.82, 2.24) is 19.6 Å². The molecule has 34 heavy (non-hydrogen) atoms. The number of thiophene rings is 1. The zero-order valence-electron chi connectivity index (χ0n) is 19.1. The lowest BCUT2D eigenvalue weighted by molar-refractivity contribution is -0.114. The number of hydrogen-bond acceptors (Lipinski definition) is 7. The van der Waals surface area contributed by atoms with Crippen molar-refractivity contribution in [2.45, 2.75) is 57.0 Å². The van der Waals surface area contributed by atoms with E-state index in [0.717, 1.165) is 52.5 Å². The fraction of sp³-hybridized carbons (Fsp3) is 0.400. The number of rotatable bonds is 6. The molecule has 0 spiro atoms. The lowest BCUT2D eigenvalue weighted by Crippen LogP contribution is -2.09. The Kier molecular flexibility index (Phi) is 5.41. The molecule has 2 aliphatic rings. The van der Waals surface area contributed by atoms with Gasteiger partial charge in [-0.1, -0.05) is 18.7 Å². The van der Waals surface area contributed by atoms with Crippen molar-refractivity contribution >= 4 is 56.3 Å². The SMILES string of the molecule is CC(=O)Nc1ccc(C(=O)CSc2nnc3c4c5c(sc4nc(C4CC4)n23)C[C@H](C)CC5)cc1. The summed E-state index contributed by atoms with van der Waals surface area (Å²) in [5, 5.41) is 13.7. The number of amides is 1. The molecule has 2 aliphatic carbocycles. The third-order valence-corrected chi connectivity index (χ3v) is 8.67. The van der Waals surface area contributed by atoms with Crippen molar-refractivity contribution < 1.29 is 9.59 Å². The van der Waals surface area contributed by atoms with Crippen molar-refractivity contribution in [1.29, 1.82) is 0 Å². The third-order valence-electron chi connectivity index (χ3n) is 6.60. The molecule has 174 valence electrons. The highest BCUT2D eigenvalue weighted by Crippen LogP contribution is 2.44. The van der Waals surface area contributed by atoms with Crippen molar-refractivity contribution in [2.75, 3.05) is 11.1 Å². The number of nitrogens with one attached hydrogen (secondary N) is 1. The summed E-state index contributed by atoms with van der Waals surface area (Å²) in [6.07, 6.45) is 5.65. The molecule has 0 saturated heterocycles. The van der Waals surface area contributed by atoms with E-state index in [4.69, 9.17) is 4.98 Å². The number of aromatic nitrogens is 4. The predicted octanol–water partition coefficient (Wildman–Crippen LogP) is 5.27. The highest BCUT2D eigenvalue weighted by molar-refractivity contribution is 7.99. The predicted molar refractivity (Wildman–Crippen MR) is 135 cm³/mol. The van der Waals surface area contributed by atoms with E-state index in [1.807, 2.05) is 11.3 Å². The van der Waals surface area contributed by atoms with Crippen LogP contribution in [0.25, 0.3) is 15.9 Å². The second kappa shape index (κ2) is 8.46. The second-order valence-electron chi connectivity index (χ2n) is 9.39. The molecule has 0 aliphatic heterocycles. The molecule has 1 N–H and O–H groups in total. The third kappa shape index (κ3) is 3.90. The monoisotopic (exact) mass is 491 g/mol. The van der Waals surface area contributed by atoms with Gasteiger partial charge in [0.2, 0.25) is 5.91 Å². The molecule has 1 aromatic carbocycles. The van der Waals surface area contributed by atoms with Crippen molar-refractivity contribution in [3.05, 3.63) is 46.1 Å². The van der Waals surface area contributed by atoms with Crippen LogP contribution in [0.4, 0.5) is 5.69 Å². The van der Waals surface area contributed by atoms with Gasteiger partial charge in [-0.2, -0.15) is 0 Å². The molecule has 0 unspecified atom stereocenters. The minimum atomic E-state index is -0.135. The molecule has 1 amide bonds. The van der Waals surface area contributed by atoms with Crippen LogP contribution in [0.5, 0.6) is 0 Å². The standard InChI is InChI=1S/C25H25N5O2S2/c1-13-3-10-18-20(11-13)34-24-21(18)23-28-29-25(30(23)22(27-24)16-4-5-16)33-12-19(32)15-6-8-17(9-7-15)26-14(2)31/h6-9,13,16H,3-5,10-12H2,1-2H3,(H,26,31)/t13-/m1/s1. The number of nitrogens with zero attached hydrogens (tertiary/aromatic N) is 4. The van der Waals surface area contributed by atoms with Gasteiger partial charge in [-0.3, -0.25) is 14.0 Å². The molecule has 6 rings (SSSR count). The molecule has 9 heteroatoms. The summed E-state index contributed by atoms with van der Waals surface area (Å²) in [5.74, 6) is 2.33. The van der Waals surface area contributed by atoms with E-state index < -0.39 is 0 Å². The van der Waals surface area contributed by atoms with Gasteiger partial charge in [0.25, 0.3) is 0 Å². The van der Waals surface area contributed by atoms with E-state index in [1.165, 1.54) is 35.5 Å². The zero-order chi connectivity index (χ0) is 23.4. The number of aryl methyl sites for hydroxylation is 1. The molecular weight excluding hydrogens is 466 g/mol. The Morgan fingerprint density at radius 3 is 2.71 bits per heavy atom. The Hall–Kier alpha value is -2.78. The number of anilines is 1. The van der Waals surface area contributed by atoms with E-state index in [9.17, 15) is 9.59 Å². The number of thioether (sulfide) groups is 1. The van der Waals surface area contributed by atoms with Gasteiger partial charge >= 0.3 is 0 Å². The fourth-order valence-electron chi connectivity index (χ4n) is 4.70. The van der Waals surface area contributed by atoms with Crippen LogP contribution in [0, 0.1) is 5.92 Å². The summed E-state index contributed by atoms with van der Waals surface area (Å²) < 4.78 is 2.11. The van der Waals surface area contributed by atoms with E-state index in [-0.39, 0.29) is 17.4 Å². The van der Waals surface area contributed by atoms with Gasteiger partial charge < -0.3 is 5.32 Å². The van der Waals surface area contributed by atoms with E-state index in [2.05, 4.69) is 26.8 Å². The first-order chi connectivity index (χ1) is 16.5. The van der Waals surface area contributed by atoms with E-state index >= 15 is 0 Å². The van der Waals surface area contributed by atoms with Crippen molar-refractivity contribution in [2.24, 2.45) is 5.92 Å². The van der Waals surface area contributed by atoms with Gasteiger partial charge in [0.1, 0.15) is 10.7 Å². The Balaban J connectivity index is 1.31. The Bertz CT molecular complexity index is 1440. The first kappa shape index (κ1) is 21.7. The molecule has 1 saturated carbocycles. The van der Waals surface area contributed by atoms with Crippen LogP contribution in [0.15, 0.2) is 29.4 Å². The molecular formula is C25H25N5O2S2. The van der Waals surface area contributed by atoms with E-state index in [0.29, 0.717) is 23.1 Å². The quantitative estimate of drug-likeness (QED) is 0.292. The number of fused-ring (bicyclic) bond motifs is 5. The van der Waals surface area contributed by atoms with Crippen LogP contribution < -0.4 is 5.32 Å². The number of carbonyl (C=O) groups excluding carboxylic acids is 2. The molecule has 3 aromatic heterocycles. The van der Waals surface area contributed by atoms with Gasteiger partial charge in [-0.25, -0.2) is 4.98 Å². The van der Waals surface area contributed by atoms with E-state index in [1.54, 1.807) is 24.3 Å². The van der Waals surface area contributed by atoms with Crippen LogP contribution in [-0.2, 0) is 17.6 Å². The van der Waals surface area contributed by atoms with Crippen LogP contribution in [0.3, 0.4) is 0 Å². The Morgan fingerprint density at radius 1 is 1.18 bits per heavy atom. The summed E-state index contributed by atoms with van der Waals surface area (Å²) in [6, 6.07) is 6.99. The highest BCUT2D eigenvalue weighted by atomic mass is 32.2. The van der Waals surface area contributed by atoms with Gasteiger partial charge in [0, 0.05) is 29.0 Å².